The molecule has 1 aliphatic heterocycles. The Bertz CT molecular complexity index is 837. The molecule has 1 heterocycles. The topological polar surface area (TPSA) is 54.5 Å². The Labute approximate surface area is 143 Å². The lowest BCUT2D eigenvalue weighted by Crippen LogP contribution is -2.42. The maximum atomic E-state index is 12.9. The lowest BCUT2D eigenvalue weighted by atomic mass is 10.1. The van der Waals surface area contributed by atoms with Gasteiger partial charge in [-0.2, -0.15) is 0 Å². The molecule has 1 atom stereocenters. The summed E-state index contributed by atoms with van der Waals surface area (Å²) in [5.74, 6) is -0.273. The van der Waals surface area contributed by atoms with Crippen LogP contribution in [0.4, 0.5) is 0 Å². The number of fused-ring (bicyclic) bond motifs is 1. The van der Waals surface area contributed by atoms with E-state index in [0.29, 0.717) is 13.1 Å². The van der Waals surface area contributed by atoms with E-state index in [-0.39, 0.29) is 10.8 Å². The second kappa shape index (κ2) is 6.93. The number of carbonyl (C=O) groups is 1. The van der Waals surface area contributed by atoms with E-state index in [1.54, 1.807) is 23.1 Å². The minimum atomic E-state index is -3.68. The minimum absolute atomic E-state index is 0.219. The van der Waals surface area contributed by atoms with Crippen molar-refractivity contribution in [3.63, 3.8) is 0 Å². The van der Waals surface area contributed by atoms with Crippen molar-refractivity contribution < 1.29 is 13.2 Å². The van der Waals surface area contributed by atoms with Crippen LogP contribution < -0.4 is 0 Å². The van der Waals surface area contributed by atoms with Crippen molar-refractivity contribution >= 4 is 26.5 Å². The van der Waals surface area contributed by atoms with Crippen LogP contribution in [0.5, 0.6) is 0 Å². The van der Waals surface area contributed by atoms with Gasteiger partial charge in [0.25, 0.3) is 0 Å². The van der Waals surface area contributed by atoms with Gasteiger partial charge in [-0.3, -0.25) is 4.79 Å². The Morgan fingerprint density at radius 3 is 2.25 bits per heavy atom. The van der Waals surface area contributed by atoms with Crippen LogP contribution in [0.1, 0.15) is 32.6 Å². The Morgan fingerprint density at radius 2 is 1.58 bits per heavy atom. The van der Waals surface area contributed by atoms with Crippen molar-refractivity contribution in [2.45, 2.75) is 42.8 Å². The van der Waals surface area contributed by atoms with Gasteiger partial charge in [0.2, 0.25) is 5.91 Å². The quantitative estimate of drug-likeness (QED) is 0.857. The van der Waals surface area contributed by atoms with Crippen LogP contribution in [0.25, 0.3) is 10.8 Å². The SMILES string of the molecule is C[C@H](C(=O)N1CCCCCC1)S(=O)(=O)c1ccc2ccccc2c1. The van der Waals surface area contributed by atoms with Gasteiger partial charge < -0.3 is 4.90 Å². The number of sulfone groups is 1. The first kappa shape index (κ1) is 17.0. The number of benzene rings is 2. The molecule has 0 unspecified atom stereocenters. The number of rotatable bonds is 3. The molecule has 4 nitrogen and oxygen atoms in total. The predicted octanol–water partition coefficient (Wildman–Crippen LogP) is 3.40. The second-order valence-electron chi connectivity index (χ2n) is 6.44. The molecule has 128 valence electrons. The number of hydrogen-bond acceptors (Lipinski definition) is 3. The van der Waals surface area contributed by atoms with Crippen LogP contribution in [0.2, 0.25) is 0 Å². The second-order valence-corrected chi connectivity index (χ2v) is 8.70. The number of amides is 1. The van der Waals surface area contributed by atoms with Gasteiger partial charge >= 0.3 is 0 Å². The Balaban J connectivity index is 1.88. The fraction of sp³-hybridized carbons (Fsp3) is 0.421. The van der Waals surface area contributed by atoms with Gasteiger partial charge in [0.15, 0.2) is 9.84 Å². The van der Waals surface area contributed by atoms with Gasteiger partial charge in [-0.1, -0.05) is 43.2 Å². The molecule has 2 aromatic carbocycles. The average molecular weight is 345 g/mol. The van der Waals surface area contributed by atoms with Crippen LogP contribution in [-0.4, -0.2) is 37.6 Å². The highest BCUT2D eigenvalue weighted by atomic mass is 32.2. The molecule has 0 radical (unpaired) electrons. The van der Waals surface area contributed by atoms with Crippen molar-refractivity contribution in [1.29, 1.82) is 0 Å². The maximum Gasteiger partial charge on any atom is 0.241 e. The molecule has 5 heteroatoms. The van der Waals surface area contributed by atoms with Crippen molar-refractivity contribution in [3.8, 4) is 0 Å². The highest BCUT2D eigenvalue weighted by Crippen LogP contribution is 2.23. The fourth-order valence-corrected chi connectivity index (χ4v) is 4.60. The number of likely N-dealkylation sites (tertiary alicyclic amines) is 1. The zero-order valence-corrected chi connectivity index (χ0v) is 14.8. The summed E-state index contributed by atoms with van der Waals surface area (Å²) in [6.07, 6.45) is 4.12. The first-order valence-corrected chi connectivity index (χ1v) is 10.1. The summed E-state index contributed by atoms with van der Waals surface area (Å²) in [4.78, 5) is 14.6. The third-order valence-corrected chi connectivity index (χ3v) is 6.82. The van der Waals surface area contributed by atoms with E-state index in [9.17, 15) is 13.2 Å². The summed E-state index contributed by atoms with van der Waals surface area (Å²) in [5.41, 5.74) is 0. The van der Waals surface area contributed by atoms with E-state index in [0.717, 1.165) is 36.5 Å². The monoisotopic (exact) mass is 345 g/mol. The van der Waals surface area contributed by atoms with E-state index >= 15 is 0 Å². The van der Waals surface area contributed by atoms with Crippen LogP contribution in [0.15, 0.2) is 47.4 Å². The molecule has 1 aliphatic rings. The van der Waals surface area contributed by atoms with Crippen LogP contribution in [0.3, 0.4) is 0 Å². The van der Waals surface area contributed by atoms with Gasteiger partial charge in [0.1, 0.15) is 5.25 Å². The zero-order valence-electron chi connectivity index (χ0n) is 13.9. The van der Waals surface area contributed by atoms with Gasteiger partial charge in [-0.15, -0.1) is 0 Å². The van der Waals surface area contributed by atoms with Crippen molar-refractivity contribution in [3.05, 3.63) is 42.5 Å². The summed E-state index contributed by atoms with van der Waals surface area (Å²) >= 11 is 0. The standard InChI is InChI=1S/C19H23NO3S/c1-15(19(21)20-12-6-2-3-7-13-20)24(22,23)18-11-10-16-8-4-5-9-17(16)14-18/h4-5,8-11,14-15H,2-3,6-7,12-13H2,1H3/t15-/m1/s1. The first-order chi connectivity index (χ1) is 11.5. The molecule has 1 amide bonds. The summed E-state index contributed by atoms with van der Waals surface area (Å²) < 4.78 is 25.8. The van der Waals surface area contributed by atoms with E-state index in [4.69, 9.17) is 0 Å². The molecule has 0 aliphatic carbocycles. The third-order valence-electron chi connectivity index (χ3n) is 4.78. The highest BCUT2D eigenvalue weighted by molar-refractivity contribution is 7.92. The summed E-state index contributed by atoms with van der Waals surface area (Å²) in [6, 6.07) is 12.7. The number of carbonyl (C=O) groups excluding carboxylic acids is 1. The predicted molar refractivity (Wildman–Crippen MR) is 95.6 cm³/mol. The van der Waals surface area contributed by atoms with Gasteiger partial charge in [0.05, 0.1) is 4.90 Å². The molecule has 2 aromatic rings. The molecule has 1 fully saturated rings. The number of nitrogens with zero attached hydrogens (tertiary/aromatic N) is 1. The third kappa shape index (κ3) is 3.31. The summed E-state index contributed by atoms with van der Waals surface area (Å²) in [7, 11) is -3.68. The molecule has 0 aromatic heterocycles. The molecule has 0 bridgehead atoms. The molecule has 3 rings (SSSR count). The van der Waals surface area contributed by atoms with E-state index < -0.39 is 15.1 Å². The van der Waals surface area contributed by atoms with Gasteiger partial charge in [-0.25, -0.2) is 8.42 Å². The van der Waals surface area contributed by atoms with E-state index in [2.05, 4.69) is 0 Å². The number of hydrogen-bond donors (Lipinski definition) is 0. The van der Waals surface area contributed by atoms with Crippen LogP contribution in [-0.2, 0) is 14.6 Å². The van der Waals surface area contributed by atoms with E-state index in [1.807, 2.05) is 24.3 Å². The largest absolute Gasteiger partial charge is 0.342 e. The van der Waals surface area contributed by atoms with E-state index in [1.165, 1.54) is 6.92 Å². The average Bonchev–Trinajstić information content (AvgIpc) is 2.89. The smallest absolute Gasteiger partial charge is 0.241 e. The Morgan fingerprint density at radius 1 is 0.958 bits per heavy atom. The summed E-state index contributed by atoms with van der Waals surface area (Å²) in [5, 5.41) is 0.813. The van der Waals surface area contributed by atoms with Gasteiger partial charge in [0, 0.05) is 13.1 Å². The molecule has 24 heavy (non-hydrogen) atoms. The fourth-order valence-electron chi connectivity index (χ4n) is 3.23. The first-order valence-electron chi connectivity index (χ1n) is 8.51. The normalized spacial score (nSPS) is 17.5. The Kier molecular flexibility index (Phi) is 4.90. The molecular formula is C19H23NO3S. The van der Waals surface area contributed by atoms with Crippen LogP contribution in [0, 0.1) is 0 Å². The lowest BCUT2D eigenvalue weighted by Gasteiger charge is -2.24. The van der Waals surface area contributed by atoms with Crippen LogP contribution >= 0.6 is 0 Å². The van der Waals surface area contributed by atoms with Crippen molar-refractivity contribution in [2.75, 3.05) is 13.1 Å². The molecule has 1 saturated heterocycles. The van der Waals surface area contributed by atoms with Crippen molar-refractivity contribution in [2.24, 2.45) is 0 Å². The molecule has 0 saturated carbocycles. The lowest BCUT2D eigenvalue weighted by molar-refractivity contribution is -0.130. The molecular weight excluding hydrogens is 322 g/mol. The summed E-state index contributed by atoms with van der Waals surface area (Å²) in [6.45, 7) is 2.84. The maximum absolute atomic E-state index is 12.9. The zero-order chi connectivity index (χ0) is 17.2. The molecule has 0 N–H and O–H groups in total. The van der Waals surface area contributed by atoms with Crippen molar-refractivity contribution in [1.82, 2.24) is 4.90 Å². The van der Waals surface area contributed by atoms with Gasteiger partial charge in [-0.05, 0) is 42.7 Å². The minimum Gasteiger partial charge on any atom is -0.342 e. The highest BCUT2D eigenvalue weighted by Gasteiger charge is 2.33. The molecule has 0 spiro atoms. The Hall–Kier alpha value is -1.88.